The van der Waals surface area contributed by atoms with Gasteiger partial charge in [-0.1, -0.05) is 0 Å². The lowest BCUT2D eigenvalue weighted by Crippen LogP contribution is -2.29. The van der Waals surface area contributed by atoms with Gasteiger partial charge in [0.1, 0.15) is 5.92 Å². The summed E-state index contributed by atoms with van der Waals surface area (Å²) < 4.78 is 26.8. The number of hydrogen-bond donors (Lipinski definition) is 1. The van der Waals surface area contributed by atoms with Crippen molar-refractivity contribution < 1.29 is 33.3 Å². The summed E-state index contributed by atoms with van der Waals surface area (Å²) >= 11 is 0. The average molecular weight is 337 g/mol. The van der Waals surface area contributed by atoms with Gasteiger partial charge in [-0.3, -0.25) is 9.59 Å². The molecule has 1 aromatic carbocycles. The monoisotopic (exact) mass is 337 g/mol. The fourth-order valence-electron chi connectivity index (χ4n) is 3.10. The number of ether oxygens (including phenoxy) is 5. The lowest BCUT2D eigenvalue weighted by atomic mass is 9.87. The fraction of sp³-hybridized carbons (Fsp3) is 0.500. The van der Waals surface area contributed by atoms with Crippen LogP contribution in [0.25, 0.3) is 0 Å². The number of hydrogen-bond acceptors (Lipinski definition) is 7. The Morgan fingerprint density at radius 2 is 2.04 bits per heavy atom. The molecule has 8 heteroatoms. The highest BCUT2D eigenvalue weighted by Gasteiger charge is 2.44. The van der Waals surface area contributed by atoms with Crippen molar-refractivity contribution in [2.75, 3.05) is 34.2 Å². The molecular weight excluding hydrogens is 318 g/mol. The topological polar surface area (TPSA) is 92.3 Å². The third kappa shape index (κ3) is 2.47. The van der Waals surface area contributed by atoms with Crippen molar-refractivity contribution in [3.8, 4) is 23.0 Å². The van der Waals surface area contributed by atoms with Crippen LogP contribution >= 0.6 is 0 Å². The third-order valence-electron chi connectivity index (χ3n) is 4.13. The van der Waals surface area contributed by atoms with E-state index in [-0.39, 0.29) is 19.3 Å². The highest BCUT2D eigenvalue weighted by molar-refractivity contribution is 6.01. The maximum atomic E-state index is 12.2. The number of rotatable bonds is 5. The second-order valence-corrected chi connectivity index (χ2v) is 5.35. The first kappa shape index (κ1) is 16.2. The zero-order valence-electron chi connectivity index (χ0n) is 13.7. The Kier molecular flexibility index (Phi) is 4.37. The van der Waals surface area contributed by atoms with E-state index in [2.05, 4.69) is 5.32 Å². The smallest absolute Gasteiger partial charge is 0.319 e. The van der Waals surface area contributed by atoms with E-state index in [0.717, 1.165) is 0 Å². The zero-order valence-corrected chi connectivity index (χ0v) is 13.7. The Bertz CT molecular complexity index is 673. The number of carbonyl (C=O) groups excluding carboxylic acids is 2. The Hall–Kier alpha value is -2.64. The van der Waals surface area contributed by atoms with Gasteiger partial charge in [-0.05, 0) is 13.0 Å². The van der Waals surface area contributed by atoms with Crippen LogP contribution in [-0.4, -0.2) is 46.0 Å². The van der Waals surface area contributed by atoms with Crippen LogP contribution in [-0.2, 0) is 14.3 Å². The van der Waals surface area contributed by atoms with Crippen molar-refractivity contribution in [3.05, 3.63) is 11.6 Å². The van der Waals surface area contributed by atoms with E-state index in [9.17, 15) is 9.59 Å². The predicted molar refractivity (Wildman–Crippen MR) is 81.5 cm³/mol. The molecule has 1 fully saturated rings. The SMILES string of the molecule is CCOC(=O)[C@H]1C(=O)NC[C@@H]1c1cc2c(c(OC)c1OC)OCO2. The largest absolute Gasteiger partial charge is 0.492 e. The second kappa shape index (κ2) is 6.46. The van der Waals surface area contributed by atoms with Crippen LogP contribution in [0.4, 0.5) is 0 Å². The van der Waals surface area contributed by atoms with Crippen molar-refractivity contribution in [1.29, 1.82) is 0 Å². The summed E-state index contributed by atoms with van der Waals surface area (Å²) in [6.45, 7) is 2.27. The van der Waals surface area contributed by atoms with E-state index < -0.39 is 17.8 Å². The van der Waals surface area contributed by atoms with Gasteiger partial charge in [0.15, 0.2) is 11.5 Å². The first-order valence-corrected chi connectivity index (χ1v) is 7.61. The van der Waals surface area contributed by atoms with Gasteiger partial charge in [0.2, 0.25) is 24.2 Å². The van der Waals surface area contributed by atoms with Crippen molar-refractivity contribution in [2.45, 2.75) is 12.8 Å². The van der Waals surface area contributed by atoms with Crippen molar-refractivity contribution in [2.24, 2.45) is 5.92 Å². The number of carbonyl (C=O) groups is 2. The molecule has 0 radical (unpaired) electrons. The van der Waals surface area contributed by atoms with E-state index >= 15 is 0 Å². The maximum Gasteiger partial charge on any atom is 0.319 e. The molecule has 0 aromatic heterocycles. The standard InChI is InChI=1S/C16H19NO7/c1-4-22-16(19)11-9(6-17-15(11)18)8-5-10-13(24-7-23-10)14(21-3)12(8)20-2/h5,9,11H,4,6-7H2,1-3H3,(H,17,18)/t9-,11-/m1/s1. The van der Waals surface area contributed by atoms with Gasteiger partial charge in [-0.25, -0.2) is 0 Å². The first-order chi connectivity index (χ1) is 11.6. The van der Waals surface area contributed by atoms with Crippen LogP contribution in [0, 0.1) is 5.92 Å². The molecule has 1 N–H and O–H groups in total. The van der Waals surface area contributed by atoms with Gasteiger partial charge in [0.05, 0.1) is 20.8 Å². The minimum Gasteiger partial charge on any atom is -0.492 e. The van der Waals surface area contributed by atoms with Crippen molar-refractivity contribution in [3.63, 3.8) is 0 Å². The summed E-state index contributed by atoms with van der Waals surface area (Å²) in [6, 6.07) is 1.72. The quantitative estimate of drug-likeness (QED) is 0.628. The minimum atomic E-state index is -0.941. The van der Waals surface area contributed by atoms with Crippen LogP contribution in [0.3, 0.4) is 0 Å². The van der Waals surface area contributed by atoms with Gasteiger partial charge < -0.3 is 29.0 Å². The fourth-order valence-corrected chi connectivity index (χ4v) is 3.10. The molecule has 2 aliphatic heterocycles. The molecule has 1 saturated heterocycles. The van der Waals surface area contributed by atoms with Crippen molar-refractivity contribution in [1.82, 2.24) is 5.32 Å². The number of nitrogens with one attached hydrogen (secondary N) is 1. The highest BCUT2D eigenvalue weighted by Crippen LogP contribution is 2.52. The van der Waals surface area contributed by atoms with Gasteiger partial charge >= 0.3 is 5.97 Å². The van der Waals surface area contributed by atoms with E-state index in [4.69, 9.17) is 23.7 Å². The minimum absolute atomic E-state index is 0.0709. The zero-order chi connectivity index (χ0) is 17.3. The third-order valence-corrected chi connectivity index (χ3v) is 4.13. The molecule has 8 nitrogen and oxygen atoms in total. The summed E-state index contributed by atoms with van der Waals surface area (Å²) in [6.07, 6.45) is 0. The Labute approximate surface area is 139 Å². The highest BCUT2D eigenvalue weighted by atomic mass is 16.7. The van der Waals surface area contributed by atoms with Crippen LogP contribution in [0.15, 0.2) is 6.07 Å². The van der Waals surface area contributed by atoms with Crippen LogP contribution in [0.5, 0.6) is 23.0 Å². The molecule has 1 aromatic rings. The molecule has 0 bridgehead atoms. The summed E-state index contributed by atoms with van der Waals surface area (Å²) in [7, 11) is 2.98. The molecule has 24 heavy (non-hydrogen) atoms. The molecular formula is C16H19NO7. The molecule has 2 heterocycles. The van der Waals surface area contributed by atoms with E-state index in [1.165, 1.54) is 14.2 Å². The number of esters is 1. The molecule has 3 rings (SSSR count). The maximum absolute atomic E-state index is 12.2. The number of fused-ring (bicyclic) bond motifs is 1. The number of methoxy groups -OCH3 is 2. The Morgan fingerprint density at radius 3 is 2.71 bits per heavy atom. The molecule has 0 aliphatic carbocycles. The lowest BCUT2D eigenvalue weighted by molar-refractivity contribution is -0.151. The average Bonchev–Trinajstić information content (AvgIpc) is 3.19. The Morgan fingerprint density at radius 1 is 1.29 bits per heavy atom. The summed E-state index contributed by atoms with van der Waals surface area (Å²) in [5.74, 6) is -0.582. The molecule has 0 spiro atoms. The van der Waals surface area contributed by atoms with E-state index in [1.807, 2.05) is 0 Å². The Balaban J connectivity index is 2.08. The summed E-state index contributed by atoms with van der Waals surface area (Å²) in [4.78, 5) is 24.3. The normalized spacial score (nSPS) is 21.4. The summed E-state index contributed by atoms with van der Waals surface area (Å²) in [5.41, 5.74) is 0.634. The number of amides is 1. The molecule has 2 aliphatic rings. The molecule has 1 amide bonds. The molecule has 0 unspecified atom stereocenters. The lowest BCUT2D eigenvalue weighted by Gasteiger charge is -2.21. The molecule has 0 saturated carbocycles. The van der Waals surface area contributed by atoms with Gasteiger partial charge in [0.25, 0.3) is 0 Å². The summed E-state index contributed by atoms with van der Waals surface area (Å²) in [5, 5.41) is 2.71. The van der Waals surface area contributed by atoms with Crippen LogP contribution in [0.2, 0.25) is 0 Å². The molecule has 2 atom stereocenters. The van der Waals surface area contributed by atoms with Crippen molar-refractivity contribution >= 4 is 11.9 Å². The number of benzene rings is 1. The van der Waals surface area contributed by atoms with Gasteiger partial charge in [-0.15, -0.1) is 0 Å². The van der Waals surface area contributed by atoms with E-state index in [1.54, 1.807) is 13.0 Å². The van der Waals surface area contributed by atoms with Crippen LogP contribution in [0.1, 0.15) is 18.4 Å². The first-order valence-electron chi connectivity index (χ1n) is 7.61. The molecule has 130 valence electrons. The predicted octanol–water partition coefficient (Wildman–Crippen LogP) is 0.825. The van der Waals surface area contributed by atoms with Gasteiger partial charge in [-0.2, -0.15) is 0 Å². The second-order valence-electron chi connectivity index (χ2n) is 5.35. The van der Waals surface area contributed by atoms with Crippen LogP contribution < -0.4 is 24.3 Å². The van der Waals surface area contributed by atoms with E-state index in [0.29, 0.717) is 35.1 Å². The van der Waals surface area contributed by atoms with Gasteiger partial charge in [0, 0.05) is 18.0 Å².